The third-order valence-corrected chi connectivity index (χ3v) is 2.86. The van der Waals surface area contributed by atoms with Crippen LogP contribution in [0.2, 0.25) is 0 Å². The van der Waals surface area contributed by atoms with Crippen molar-refractivity contribution in [2.24, 2.45) is 0 Å². The van der Waals surface area contributed by atoms with Gasteiger partial charge < -0.3 is 15.2 Å². The largest absolute Gasteiger partial charge is 0.496 e. The molecule has 0 aliphatic heterocycles. The molecule has 17 heavy (non-hydrogen) atoms. The van der Waals surface area contributed by atoms with E-state index in [2.05, 4.69) is 25.2 Å². The van der Waals surface area contributed by atoms with E-state index in [-0.39, 0.29) is 12.1 Å². The van der Waals surface area contributed by atoms with Gasteiger partial charge in [-0.15, -0.1) is 0 Å². The Balaban J connectivity index is 2.66. The van der Waals surface area contributed by atoms with Crippen LogP contribution in [-0.2, 0) is 0 Å². The van der Waals surface area contributed by atoms with Crippen molar-refractivity contribution >= 4 is 0 Å². The summed E-state index contributed by atoms with van der Waals surface area (Å²) in [6.45, 7) is 6.79. The smallest absolute Gasteiger partial charge is 0.123 e. The number of benzene rings is 1. The van der Waals surface area contributed by atoms with Crippen molar-refractivity contribution in [3.63, 3.8) is 0 Å². The van der Waals surface area contributed by atoms with E-state index in [0.29, 0.717) is 0 Å². The van der Waals surface area contributed by atoms with E-state index in [1.54, 1.807) is 14.0 Å². The fourth-order valence-electron chi connectivity index (χ4n) is 1.81. The highest BCUT2D eigenvalue weighted by Crippen LogP contribution is 2.25. The van der Waals surface area contributed by atoms with Crippen LogP contribution in [0.15, 0.2) is 18.2 Å². The lowest BCUT2D eigenvalue weighted by molar-refractivity contribution is 0.182. The zero-order valence-electron chi connectivity index (χ0n) is 11.2. The predicted molar refractivity (Wildman–Crippen MR) is 70.4 cm³/mol. The van der Waals surface area contributed by atoms with E-state index in [4.69, 9.17) is 4.74 Å². The first-order valence-corrected chi connectivity index (χ1v) is 6.10. The molecule has 96 valence electrons. The van der Waals surface area contributed by atoms with Gasteiger partial charge in [0, 0.05) is 11.6 Å². The second-order valence-corrected chi connectivity index (χ2v) is 4.56. The van der Waals surface area contributed by atoms with E-state index in [9.17, 15) is 5.11 Å². The van der Waals surface area contributed by atoms with Crippen molar-refractivity contribution in [2.45, 2.75) is 39.3 Å². The number of aliphatic hydroxyl groups excluding tert-OH is 1. The molecule has 1 aromatic carbocycles. The molecule has 0 saturated carbocycles. The Morgan fingerprint density at radius 2 is 2.06 bits per heavy atom. The monoisotopic (exact) mass is 237 g/mol. The Morgan fingerprint density at radius 3 is 2.65 bits per heavy atom. The second-order valence-electron chi connectivity index (χ2n) is 4.56. The molecule has 0 fully saturated rings. The molecule has 0 aliphatic rings. The van der Waals surface area contributed by atoms with Gasteiger partial charge >= 0.3 is 0 Å². The van der Waals surface area contributed by atoms with Gasteiger partial charge in [-0.25, -0.2) is 0 Å². The van der Waals surface area contributed by atoms with E-state index < -0.39 is 0 Å². The van der Waals surface area contributed by atoms with Crippen LogP contribution in [0.1, 0.15) is 37.4 Å². The molecule has 0 radical (unpaired) electrons. The quantitative estimate of drug-likeness (QED) is 0.798. The first kappa shape index (κ1) is 14.0. The van der Waals surface area contributed by atoms with Gasteiger partial charge in [0.1, 0.15) is 5.75 Å². The van der Waals surface area contributed by atoms with Crippen LogP contribution < -0.4 is 10.1 Å². The van der Waals surface area contributed by atoms with Gasteiger partial charge in [0.2, 0.25) is 0 Å². The van der Waals surface area contributed by atoms with E-state index in [0.717, 1.165) is 24.3 Å². The van der Waals surface area contributed by atoms with Crippen molar-refractivity contribution in [2.75, 3.05) is 13.7 Å². The summed E-state index contributed by atoms with van der Waals surface area (Å²) in [6, 6.07) is 6.41. The molecule has 0 aromatic heterocycles. The highest BCUT2D eigenvalue weighted by atomic mass is 16.5. The molecule has 2 atom stereocenters. The van der Waals surface area contributed by atoms with Crippen molar-refractivity contribution in [1.82, 2.24) is 5.32 Å². The van der Waals surface area contributed by atoms with Crippen LogP contribution >= 0.6 is 0 Å². The zero-order chi connectivity index (χ0) is 12.8. The van der Waals surface area contributed by atoms with Crippen LogP contribution in [0.5, 0.6) is 5.75 Å². The van der Waals surface area contributed by atoms with Crippen molar-refractivity contribution in [3.05, 3.63) is 29.3 Å². The van der Waals surface area contributed by atoms with Gasteiger partial charge in [-0.3, -0.25) is 0 Å². The van der Waals surface area contributed by atoms with Crippen molar-refractivity contribution in [3.8, 4) is 5.75 Å². The van der Waals surface area contributed by atoms with E-state index in [1.165, 1.54) is 5.56 Å². The van der Waals surface area contributed by atoms with Gasteiger partial charge in [-0.2, -0.15) is 0 Å². The lowest BCUT2D eigenvalue weighted by atomic mass is 10.0. The molecule has 3 nitrogen and oxygen atoms in total. The second kappa shape index (κ2) is 6.62. The summed E-state index contributed by atoms with van der Waals surface area (Å²) in [6.07, 6.45) is 0.507. The van der Waals surface area contributed by atoms with Crippen molar-refractivity contribution < 1.29 is 9.84 Å². The molecule has 0 saturated heterocycles. The fraction of sp³-hybridized carbons (Fsp3) is 0.571. The van der Waals surface area contributed by atoms with Crippen molar-refractivity contribution in [1.29, 1.82) is 0 Å². The number of rotatable bonds is 6. The maximum Gasteiger partial charge on any atom is 0.123 e. The Kier molecular flexibility index (Phi) is 5.45. The molecular weight excluding hydrogens is 214 g/mol. The summed E-state index contributed by atoms with van der Waals surface area (Å²) < 4.78 is 5.36. The number of nitrogens with one attached hydrogen (secondary N) is 1. The molecule has 1 aromatic rings. The molecular formula is C14H23NO2. The number of hydrogen-bond donors (Lipinski definition) is 2. The molecule has 0 aliphatic carbocycles. The Morgan fingerprint density at radius 1 is 1.35 bits per heavy atom. The topological polar surface area (TPSA) is 41.5 Å². The normalized spacial score (nSPS) is 14.4. The summed E-state index contributed by atoms with van der Waals surface area (Å²) in [5, 5.41) is 12.6. The van der Waals surface area contributed by atoms with Gasteiger partial charge in [-0.1, -0.05) is 17.7 Å². The number of hydrogen-bond acceptors (Lipinski definition) is 3. The molecule has 0 amide bonds. The maximum atomic E-state index is 9.22. The summed E-state index contributed by atoms with van der Waals surface area (Å²) >= 11 is 0. The van der Waals surface area contributed by atoms with Gasteiger partial charge in [0.25, 0.3) is 0 Å². The minimum atomic E-state index is -0.255. The average Bonchev–Trinajstić information content (AvgIpc) is 2.28. The summed E-state index contributed by atoms with van der Waals surface area (Å²) in [7, 11) is 1.69. The van der Waals surface area contributed by atoms with Crippen LogP contribution in [0.3, 0.4) is 0 Å². The predicted octanol–water partition coefficient (Wildman–Crippen LogP) is 2.43. The third-order valence-electron chi connectivity index (χ3n) is 2.86. The average molecular weight is 237 g/mol. The zero-order valence-corrected chi connectivity index (χ0v) is 11.2. The Bertz CT molecular complexity index is 350. The van der Waals surface area contributed by atoms with Crippen LogP contribution in [0, 0.1) is 6.92 Å². The standard InChI is InChI=1S/C14H23NO2/c1-10-5-6-14(17-4)13(9-10)12(3)15-8-7-11(2)16/h5-6,9,11-12,15-16H,7-8H2,1-4H3. The molecule has 0 heterocycles. The molecule has 0 bridgehead atoms. The minimum Gasteiger partial charge on any atom is -0.496 e. The summed E-state index contributed by atoms with van der Waals surface area (Å²) in [4.78, 5) is 0. The molecule has 3 heteroatoms. The number of aliphatic hydroxyl groups is 1. The van der Waals surface area contributed by atoms with Gasteiger partial charge in [0.05, 0.1) is 13.2 Å². The summed E-state index contributed by atoms with van der Waals surface area (Å²) in [5.74, 6) is 0.910. The van der Waals surface area contributed by atoms with E-state index in [1.807, 2.05) is 12.1 Å². The Hall–Kier alpha value is -1.06. The fourth-order valence-corrected chi connectivity index (χ4v) is 1.81. The lowest BCUT2D eigenvalue weighted by Gasteiger charge is -2.18. The number of ether oxygens (including phenoxy) is 1. The third kappa shape index (κ3) is 4.36. The first-order chi connectivity index (χ1) is 8.04. The minimum absolute atomic E-state index is 0.226. The number of aryl methyl sites for hydroxylation is 1. The maximum absolute atomic E-state index is 9.22. The molecule has 1 rings (SSSR count). The SMILES string of the molecule is COc1ccc(C)cc1C(C)NCCC(C)O. The highest BCUT2D eigenvalue weighted by Gasteiger charge is 2.11. The molecule has 2 N–H and O–H groups in total. The van der Waals surface area contributed by atoms with Gasteiger partial charge in [-0.05, 0) is 39.8 Å². The highest BCUT2D eigenvalue weighted by molar-refractivity contribution is 5.38. The molecule has 2 unspecified atom stereocenters. The lowest BCUT2D eigenvalue weighted by Crippen LogP contribution is -2.23. The Labute approximate surface area is 104 Å². The number of methoxy groups -OCH3 is 1. The van der Waals surface area contributed by atoms with Crippen LogP contribution in [-0.4, -0.2) is 24.9 Å². The summed E-state index contributed by atoms with van der Waals surface area (Å²) in [5.41, 5.74) is 2.39. The van der Waals surface area contributed by atoms with Crippen LogP contribution in [0.25, 0.3) is 0 Å². The van der Waals surface area contributed by atoms with Crippen LogP contribution in [0.4, 0.5) is 0 Å². The van der Waals surface area contributed by atoms with Gasteiger partial charge in [0.15, 0.2) is 0 Å². The molecule has 0 spiro atoms. The first-order valence-electron chi connectivity index (χ1n) is 6.10. The van der Waals surface area contributed by atoms with E-state index >= 15 is 0 Å².